The Kier molecular flexibility index (Phi) is 3.93. The molecule has 0 radical (unpaired) electrons. The van der Waals surface area contributed by atoms with Crippen LogP contribution in [0.3, 0.4) is 0 Å². The Hall–Kier alpha value is -3.15. The molecule has 1 atom stereocenters. The average Bonchev–Trinajstić information content (AvgIpc) is 3.13. The molecule has 0 aliphatic carbocycles. The van der Waals surface area contributed by atoms with E-state index in [2.05, 4.69) is 15.3 Å². The zero-order valence-electron chi connectivity index (χ0n) is 13.6. The Morgan fingerprint density at radius 2 is 2.16 bits per heavy atom. The van der Waals surface area contributed by atoms with E-state index >= 15 is 0 Å². The van der Waals surface area contributed by atoms with E-state index in [0.717, 1.165) is 23.0 Å². The fourth-order valence-electron chi connectivity index (χ4n) is 3.30. The Balaban J connectivity index is 1.55. The zero-order valence-corrected chi connectivity index (χ0v) is 13.6. The van der Waals surface area contributed by atoms with Crippen molar-refractivity contribution in [3.05, 3.63) is 60.6 Å². The molecule has 1 saturated heterocycles. The summed E-state index contributed by atoms with van der Waals surface area (Å²) in [4.78, 5) is 34.3. The van der Waals surface area contributed by atoms with Crippen molar-refractivity contribution in [2.24, 2.45) is 0 Å². The van der Waals surface area contributed by atoms with Gasteiger partial charge in [0.1, 0.15) is 6.04 Å². The summed E-state index contributed by atoms with van der Waals surface area (Å²) in [5.74, 6) is -0.314. The van der Waals surface area contributed by atoms with Crippen LogP contribution < -0.4 is 10.2 Å². The van der Waals surface area contributed by atoms with Crippen LogP contribution in [0.2, 0.25) is 0 Å². The Labute approximate surface area is 144 Å². The smallest absolute Gasteiger partial charge is 0.252 e. The number of piperidine rings is 1. The van der Waals surface area contributed by atoms with E-state index in [9.17, 15) is 9.59 Å². The first-order valence-electron chi connectivity index (χ1n) is 8.32. The number of benzene rings is 1. The summed E-state index contributed by atoms with van der Waals surface area (Å²) in [6, 6.07) is 10.5. The molecule has 2 amide bonds. The van der Waals surface area contributed by atoms with Crippen molar-refractivity contribution in [1.82, 2.24) is 15.3 Å². The van der Waals surface area contributed by atoms with Crippen molar-refractivity contribution in [1.29, 1.82) is 0 Å². The minimum absolute atomic E-state index is 0.0890. The molecule has 0 bridgehead atoms. The van der Waals surface area contributed by atoms with Gasteiger partial charge in [0, 0.05) is 35.4 Å². The molecule has 6 nitrogen and oxygen atoms in total. The van der Waals surface area contributed by atoms with Gasteiger partial charge >= 0.3 is 0 Å². The number of anilines is 1. The van der Waals surface area contributed by atoms with E-state index < -0.39 is 6.04 Å². The minimum Gasteiger partial charge on any atom is -0.361 e. The van der Waals surface area contributed by atoms with Gasteiger partial charge in [0.2, 0.25) is 5.91 Å². The highest BCUT2D eigenvalue weighted by Crippen LogP contribution is 2.21. The number of aromatic amines is 1. The van der Waals surface area contributed by atoms with E-state index in [-0.39, 0.29) is 11.8 Å². The third-order valence-corrected chi connectivity index (χ3v) is 4.54. The van der Waals surface area contributed by atoms with Crippen molar-refractivity contribution in [3.63, 3.8) is 0 Å². The highest BCUT2D eigenvalue weighted by atomic mass is 16.2. The maximum Gasteiger partial charge on any atom is 0.252 e. The molecule has 3 aromatic rings. The van der Waals surface area contributed by atoms with Crippen LogP contribution in [-0.2, 0) is 4.79 Å². The van der Waals surface area contributed by atoms with Gasteiger partial charge in [0.05, 0.1) is 11.9 Å². The van der Waals surface area contributed by atoms with Crippen LogP contribution in [0.25, 0.3) is 10.9 Å². The molecule has 0 spiro atoms. The summed E-state index contributed by atoms with van der Waals surface area (Å²) in [7, 11) is 0. The lowest BCUT2D eigenvalue weighted by atomic mass is 10.0. The SMILES string of the molecule is O=C(N[C@H]1CCCN(c2cccnc2)C1=O)c1cccc2[nH]ccc12. The fraction of sp³-hybridized carbons (Fsp3) is 0.211. The van der Waals surface area contributed by atoms with Gasteiger partial charge in [-0.25, -0.2) is 0 Å². The van der Waals surface area contributed by atoms with Gasteiger partial charge < -0.3 is 15.2 Å². The maximum absolute atomic E-state index is 12.8. The third-order valence-electron chi connectivity index (χ3n) is 4.54. The second-order valence-electron chi connectivity index (χ2n) is 6.11. The number of nitrogens with zero attached hydrogens (tertiary/aromatic N) is 2. The minimum atomic E-state index is -0.518. The van der Waals surface area contributed by atoms with Gasteiger partial charge in [0.15, 0.2) is 0 Å². The van der Waals surface area contributed by atoms with E-state index in [0.29, 0.717) is 18.5 Å². The van der Waals surface area contributed by atoms with Gasteiger partial charge in [-0.2, -0.15) is 0 Å². The summed E-state index contributed by atoms with van der Waals surface area (Å²) in [6.07, 6.45) is 6.62. The molecule has 1 aliphatic heterocycles. The highest BCUT2D eigenvalue weighted by Gasteiger charge is 2.31. The van der Waals surface area contributed by atoms with Crippen LogP contribution in [-0.4, -0.2) is 34.4 Å². The quantitative estimate of drug-likeness (QED) is 0.772. The number of carbonyl (C=O) groups excluding carboxylic acids is 2. The summed E-state index contributed by atoms with van der Waals surface area (Å²) in [6.45, 7) is 0.643. The fourth-order valence-corrected chi connectivity index (χ4v) is 3.30. The second kappa shape index (κ2) is 6.39. The molecule has 6 heteroatoms. The molecule has 3 heterocycles. The molecule has 2 aromatic heterocycles. The van der Waals surface area contributed by atoms with Crippen molar-refractivity contribution in [3.8, 4) is 0 Å². The predicted octanol–water partition coefficient (Wildman–Crippen LogP) is 2.49. The average molecular weight is 334 g/mol. The number of fused-ring (bicyclic) bond motifs is 1. The van der Waals surface area contributed by atoms with E-state index in [1.54, 1.807) is 35.6 Å². The Morgan fingerprint density at radius 1 is 1.24 bits per heavy atom. The molecule has 1 aliphatic rings. The zero-order chi connectivity index (χ0) is 17.2. The van der Waals surface area contributed by atoms with Crippen molar-refractivity contribution in [2.45, 2.75) is 18.9 Å². The highest BCUT2D eigenvalue weighted by molar-refractivity contribution is 6.08. The number of hydrogen-bond donors (Lipinski definition) is 2. The van der Waals surface area contributed by atoms with Gasteiger partial charge in [-0.05, 0) is 43.2 Å². The lowest BCUT2D eigenvalue weighted by Crippen LogP contribution is -2.52. The van der Waals surface area contributed by atoms with Crippen LogP contribution in [0.4, 0.5) is 5.69 Å². The monoisotopic (exact) mass is 334 g/mol. The molecule has 25 heavy (non-hydrogen) atoms. The van der Waals surface area contributed by atoms with E-state index in [1.807, 2.05) is 24.3 Å². The van der Waals surface area contributed by atoms with Gasteiger partial charge in [-0.1, -0.05) is 6.07 Å². The number of rotatable bonds is 3. The van der Waals surface area contributed by atoms with Gasteiger partial charge in [-0.3, -0.25) is 14.6 Å². The Morgan fingerprint density at radius 3 is 3.00 bits per heavy atom. The summed E-state index contributed by atoms with van der Waals surface area (Å²) in [5.41, 5.74) is 2.24. The summed E-state index contributed by atoms with van der Waals surface area (Å²) < 4.78 is 0. The van der Waals surface area contributed by atoms with Crippen LogP contribution in [0.15, 0.2) is 55.0 Å². The first-order chi connectivity index (χ1) is 12.2. The second-order valence-corrected chi connectivity index (χ2v) is 6.11. The van der Waals surface area contributed by atoms with E-state index in [4.69, 9.17) is 0 Å². The molecule has 4 rings (SSSR count). The first kappa shape index (κ1) is 15.4. The summed E-state index contributed by atoms with van der Waals surface area (Å²) >= 11 is 0. The number of amides is 2. The standard InChI is InChI=1S/C19H18N4O2/c24-18(15-5-1-6-16-14(15)8-10-21-16)22-17-7-3-11-23(19(17)25)13-4-2-9-20-12-13/h1-2,4-6,8-10,12,17,21H,3,7,11H2,(H,22,24)/t17-/m0/s1. The lowest BCUT2D eigenvalue weighted by molar-refractivity contribution is -0.121. The Bertz CT molecular complexity index is 919. The third kappa shape index (κ3) is 2.87. The molecule has 126 valence electrons. The molecule has 0 saturated carbocycles. The van der Waals surface area contributed by atoms with Gasteiger partial charge in [0.25, 0.3) is 5.91 Å². The van der Waals surface area contributed by atoms with Crippen LogP contribution >= 0.6 is 0 Å². The van der Waals surface area contributed by atoms with Crippen LogP contribution in [0, 0.1) is 0 Å². The number of nitrogens with one attached hydrogen (secondary N) is 2. The number of H-pyrrole nitrogens is 1. The van der Waals surface area contributed by atoms with Crippen molar-refractivity contribution in [2.75, 3.05) is 11.4 Å². The molecule has 1 fully saturated rings. The van der Waals surface area contributed by atoms with E-state index in [1.165, 1.54) is 0 Å². The van der Waals surface area contributed by atoms with Gasteiger partial charge in [-0.15, -0.1) is 0 Å². The molecule has 1 aromatic carbocycles. The largest absolute Gasteiger partial charge is 0.361 e. The molecule has 2 N–H and O–H groups in total. The number of hydrogen-bond acceptors (Lipinski definition) is 3. The molecule has 0 unspecified atom stereocenters. The van der Waals surface area contributed by atoms with Crippen molar-refractivity contribution >= 4 is 28.4 Å². The predicted molar refractivity (Wildman–Crippen MR) is 95.4 cm³/mol. The van der Waals surface area contributed by atoms with Crippen molar-refractivity contribution < 1.29 is 9.59 Å². The summed E-state index contributed by atoms with van der Waals surface area (Å²) in [5, 5.41) is 3.76. The van der Waals surface area contributed by atoms with Crippen LogP contribution in [0.5, 0.6) is 0 Å². The number of aromatic nitrogens is 2. The lowest BCUT2D eigenvalue weighted by Gasteiger charge is -2.32. The maximum atomic E-state index is 12.8. The number of pyridine rings is 1. The molecular formula is C19H18N4O2. The normalized spacial score (nSPS) is 17.7. The first-order valence-corrected chi connectivity index (χ1v) is 8.32. The molecular weight excluding hydrogens is 316 g/mol. The number of carbonyl (C=O) groups is 2. The van der Waals surface area contributed by atoms with Crippen LogP contribution in [0.1, 0.15) is 23.2 Å². The topological polar surface area (TPSA) is 78.1 Å².